The molecule has 0 aliphatic heterocycles. The molecule has 0 saturated heterocycles. The molecule has 1 fully saturated rings. The Hall–Kier alpha value is -0.480. The standard InChI is InChI=1S/C13H15BrO2S/c14-10-5-6-11(13(15)16)12(7-10)17-8-9-3-1-2-4-9/h5-7,9H,1-4,8H2,(H,15,16). The van der Waals surface area contributed by atoms with E-state index in [1.165, 1.54) is 25.7 Å². The lowest BCUT2D eigenvalue weighted by molar-refractivity contribution is 0.0693. The van der Waals surface area contributed by atoms with Gasteiger partial charge < -0.3 is 5.11 Å². The summed E-state index contributed by atoms with van der Waals surface area (Å²) >= 11 is 5.07. The molecule has 0 aromatic heterocycles. The summed E-state index contributed by atoms with van der Waals surface area (Å²) in [4.78, 5) is 12.0. The first-order valence-corrected chi connectivity index (χ1v) is 7.60. The number of hydrogen-bond acceptors (Lipinski definition) is 2. The van der Waals surface area contributed by atoms with Gasteiger partial charge in [0.2, 0.25) is 0 Å². The van der Waals surface area contributed by atoms with Crippen LogP contribution < -0.4 is 0 Å². The molecule has 1 aliphatic carbocycles. The summed E-state index contributed by atoms with van der Waals surface area (Å²) in [5.41, 5.74) is 0.413. The van der Waals surface area contributed by atoms with Crippen molar-refractivity contribution in [2.45, 2.75) is 30.6 Å². The Morgan fingerprint density at radius 3 is 2.76 bits per heavy atom. The van der Waals surface area contributed by atoms with Crippen LogP contribution in [0.25, 0.3) is 0 Å². The fourth-order valence-corrected chi connectivity index (χ4v) is 3.96. The van der Waals surface area contributed by atoms with Gasteiger partial charge in [0.25, 0.3) is 0 Å². The molecule has 2 nitrogen and oxygen atoms in total. The zero-order valence-electron chi connectivity index (χ0n) is 9.49. The van der Waals surface area contributed by atoms with Crippen LogP contribution in [0.4, 0.5) is 0 Å². The maximum absolute atomic E-state index is 11.1. The van der Waals surface area contributed by atoms with Gasteiger partial charge in [-0.1, -0.05) is 28.8 Å². The van der Waals surface area contributed by atoms with Gasteiger partial charge >= 0.3 is 5.97 Å². The van der Waals surface area contributed by atoms with E-state index in [1.54, 1.807) is 23.9 Å². The van der Waals surface area contributed by atoms with Crippen molar-refractivity contribution in [2.75, 3.05) is 5.75 Å². The fraction of sp³-hybridized carbons (Fsp3) is 0.462. The van der Waals surface area contributed by atoms with Crippen molar-refractivity contribution in [1.82, 2.24) is 0 Å². The average Bonchev–Trinajstić information content (AvgIpc) is 2.78. The van der Waals surface area contributed by atoms with E-state index >= 15 is 0 Å². The van der Waals surface area contributed by atoms with Crippen LogP contribution in [0.1, 0.15) is 36.0 Å². The van der Waals surface area contributed by atoms with Crippen LogP contribution in [0.3, 0.4) is 0 Å². The van der Waals surface area contributed by atoms with E-state index in [2.05, 4.69) is 15.9 Å². The molecule has 0 radical (unpaired) electrons. The largest absolute Gasteiger partial charge is 0.478 e. The van der Waals surface area contributed by atoms with Gasteiger partial charge in [-0.25, -0.2) is 4.79 Å². The minimum Gasteiger partial charge on any atom is -0.478 e. The van der Waals surface area contributed by atoms with Gasteiger partial charge in [-0.2, -0.15) is 0 Å². The van der Waals surface area contributed by atoms with Gasteiger partial charge in [-0.3, -0.25) is 0 Å². The highest BCUT2D eigenvalue weighted by Crippen LogP contribution is 2.33. The number of thioether (sulfide) groups is 1. The van der Waals surface area contributed by atoms with Crippen molar-refractivity contribution in [1.29, 1.82) is 0 Å². The van der Waals surface area contributed by atoms with Crippen molar-refractivity contribution in [2.24, 2.45) is 5.92 Å². The smallest absolute Gasteiger partial charge is 0.336 e. The molecule has 17 heavy (non-hydrogen) atoms. The Bertz CT molecular complexity index is 414. The molecule has 0 bridgehead atoms. The van der Waals surface area contributed by atoms with Gasteiger partial charge in [-0.15, -0.1) is 11.8 Å². The second-order valence-electron chi connectivity index (χ2n) is 4.41. The molecule has 1 N–H and O–H groups in total. The molecule has 0 heterocycles. The molecular formula is C13H15BrO2S. The zero-order valence-corrected chi connectivity index (χ0v) is 11.9. The Morgan fingerprint density at radius 2 is 2.12 bits per heavy atom. The molecule has 1 aromatic carbocycles. The van der Waals surface area contributed by atoms with Crippen molar-refractivity contribution in [3.8, 4) is 0 Å². The van der Waals surface area contributed by atoms with Crippen LogP contribution in [0.5, 0.6) is 0 Å². The van der Waals surface area contributed by atoms with Crippen molar-refractivity contribution in [3.05, 3.63) is 28.2 Å². The first-order chi connectivity index (χ1) is 8.16. The van der Waals surface area contributed by atoms with Crippen LogP contribution in [-0.4, -0.2) is 16.8 Å². The number of halogens is 1. The fourth-order valence-electron chi connectivity index (χ4n) is 2.18. The predicted octanol–water partition coefficient (Wildman–Crippen LogP) is 4.43. The number of rotatable bonds is 4. The van der Waals surface area contributed by atoms with Gasteiger partial charge in [0.15, 0.2) is 0 Å². The first-order valence-electron chi connectivity index (χ1n) is 5.82. The maximum atomic E-state index is 11.1. The molecule has 2 rings (SSSR count). The lowest BCUT2D eigenvalue weighted by atomic mass is 10.1. The monoisotopic (exact) mass is 314 g/mol. The van der Waals surface area contributed by atoms with E-state index in [1.807, 2.05) is 6.07 Å². The second-order valence-corrected chi connectivity index (χ2v) is 6.38. The maximum Gasteiger partial charge on any atom is 0.336 e. The lowest BCUT2D eigenvalue weighted by Gasteiger charge is -2.10. The molecular weight excluding hydrogens is 300 g/mol. The molecule has 0 atom stereocenters. The number of carboxylic acids is 1. The lowest BCUT2D eigenvalue weighted by Crippen LogP contribution is -2.01. The third kappa shape index (κ3) is 3.49. The third-order valence-corrected chi connectivity index (χ3v) is 4.90. The second kappa shape index (κ2) is 5.91. The average molecular weight is 315 g/mol. The number of hydrogen-bond donors (Lipinski definition) is 1. The highest BCUT2D eigenvalue weighted by atomic mass is 79.9. The Morgan fingerprint density at radius 1 is 1.41 bits per heavy atom. The third-order valence-electron chi connectivity index (χ3n) is 3.12. The van der Waals surface area contributed by atoms with Gasteiger partial charge in [0.1, 0.15) is 0 Å². The summed E-state index contributed by atoms with van der Waals surface area (Å²) in [5.74, 6) is 0.962. The minimum atomic E-state index is -0.841. The van der Waals surface area contributed by atoms with Crippen LogP contribution >= 0.6 is 27.7 Å². The van der Waals surface area contributed by atoms with Crippen LogP contribution in [0.2, 0.25) is 0 Å². The van der Waals surface area contributed by atoms with Gasteiger partial charge in [-0.05, 0) is 37.0 Å². The zero-order chi connectivity index (χ0) is 12.3. The summed E-state index contributed by atoms with van der Waals surface area (Å²) in [7, 11) is 0. The normalized spacial score (nSPS) is 16.3. The SMILES string of the molecule is O=C(O)c1ccc(Br)cc1SCC1CCCC1. The van der Waals surface area contributed by atoms with Crippen LogP contribution in [-0.2, 0) is 0 Å². The van der Waals surface area contributed by atoms with Crippen molar-refractivity contribution in [3.63, 3.8) is 0 Å². The van der Waals surface area contributed by atoms with E-state index in [-0.39, 0.29) is 0 Å². The van der Waals surface area contributed by atoms with E-state index in [9.17, 15) is 4.79 Å². The number of carboxylic acid groups (broad SMARTS) is 1. The topological polar surface area (TPSA) is 37.3 Å². The van der Waals surface area contributed by atoms with Crippen molar-refractivity contribution >= 4 is 33.7 Å². The first kappa shape index (κ1) is 13.0. The van der Waals surface area contributed by atoms with Crippen LogP contribution in [0, 0.1) is 5.92 Å². The predicted molar refractivity (Wildman–Crippen MR) is 73.8 cm³/mol. The number of carbonyl (C=O) groups is 1. The Labute approximate surface area is 114 Å². The molecule has 0 unspecified atom stereocenters. The minimum absolute atomic E-state index is 0.413. The molecule has 92 valence electrons. The molecule has 1 aliphatic rings. The van der Waals surface area contributed by atoms with E-state index in [0.717, 1.165) is 21.0 Å². The molecule has 1 saturated carbocycles. The van der Waals surface area contributed by atoms with E-state index < -0.39 is 5.97 Å². The quantitative estimate of drug-likeness (QED) is 0.835. The number of benzene rings is 1. The summed E-state index contributed by atoms with van der Waals surface area (Å²) < 4.78 is 0.941. The summed E-state index contributed by atoms with van der Waals surface area (Å²) in [6, 6.07) is 5.36. The van der Waals surface area contributed by atoms with E-state index in [4.69, 9.17) is 5.11 Å². The highest BCUT2D eigenvalue weighted by Gasteiger charge is 2.17. The van der Waals surface area contributed by atoms with Crippen molar-refractivity contribution < 1.29 is 9.90 Å². The van der Waals surface area contributed by atoms with Gasteiger partial charge in [0, 0.05) is 15.1 Å². The Balaban J connectivity index is 2.07. The number of aromatic carboxylic acids is 1. The molecule has 0 spiro atoms. The summed E-state index contributed by atoms with van der Waals surface area (Å²) in [6.45, 7) is 0. The molecule has 0 amide bonds. The van der Waals surface area contributed by atoms with Gasteiger partial charge in [0.05, 0.1) is 5.56 Å². The van der Waals surface area contributed by atoms with E-state index in [0.29, 0.717) is 5.56 Å². The molecule has 1 aromatic rings. The summed E-state index contributed by atoms with van der Waals surface area (Å²) in [6.07, 6.45) is 5.25. The van der Waals surface area contributed by atoms with Crippen LogP contribution in [0.15, 0.2) is 27.6 Å². The summed E-state index contributed by atoms with van der Waals surface area (Å²) in [5, 5.41) is 9.12. The molecule has 4 heteroatoms. The highest BCUT2D eigenvalue weighted by molar-refractivity contribution is 9.10. The Kier molecular flexibility index (Phi) is 4.51.